The smallest absolute Gasteiger partial charge is 0.309 e. The van der Waals surface area contributed by atoms with Gasteiger partial charge in [-0.05, 0) is 25.0 Å². The summed E-state index contributed by atoms with van der Waals surface area (Å²) in [7, 11) is 1.37. The van der Waals surface area contributed by atoms with Crippen LogP contribution >= 0.6 is 0 Å². The number of ketones is 1. The van der Waals surface area contributed by atoms with E-state index in [1.165, 1.54) is 33.2 Å². The third kappa shape index (κ3) is 8.40. The van der Waals surface area contributed by atoms with Crippen molar-refractivity contribution in [3.8, 4) is 17.2 Å². The average molecular weight is 524 g/mol. The van der Waals surface area contributed by atoms with Crippen molar-refractivity contribution in [2.45, 2.75) is 53.2 Å². The molecular weight excluding hydrogens is 492 g/mol. The summed E-state index contributed by atoms with van der Waals surface area (Å²) in [5.74, 6) is -4.50. The maximum Gasteiger partial charge on any atom is 0.309 e. The van der Waals surface area contributed by atoms with E-state index in [0.717, 1.165) is 12.1 Å². The molecule has 1 aromatic heterocycles. The van der Waals surface area contributed by atoms with Crippen molar-refractivity contribution >= 4 is 17.7 Å². The van der Waals surface area contributed by atoms with Crippen LogP contribution in [0.4, 0.5) is 8.78 Å². The molecule has 0 saturated carbocycles. The van der Waals surface area contributed by atoms with Crippen LogP contribution < -0.4 is 14.2 Å². The zero-order valence-electron chi connectivity index (χ0n) is 21.6. The van der Waals surface area contributed by atoms with Gasteiger partial charge in [0.25, 0.3) is 0 Å². The van der Waals surface area contributed by atoms with E-state index in [0.29, 0.717) is 6.07 Å². The Morgan fingerprint density at radius 3 is 2.32 bits per heavy atom. The number of halogens is 2. The predicted octanol–water partition coefficient (Wildman–Crippen LogP) is 4.51. The van der Waals surface area contributed by atoms with Crippen LogP contribution in [0.15, 0.2) is 30.5 Å². The molecule has 0 spiro atoms. The van der Waals surface area contributed by atoms with E-state index in [2.05, 4.69) is 4.98 Å². The fourth-order valence-corrected chi connectivity index (χ4v) is 3.42. The standard InChI is InChI=1S/C26H31F2NO8/c1-14(2)24(16(4)36-21-8-7-18(27)12-19(21)28)37-26(32)15(3)11-20(31)23-25(35-13-34-17(5)30)22(33-6)9-10-29-23/h7-10,12,14-16,24H,11,13H2,1-6H3/t15-,16+,24-/m1/s1. The first kappa shape index (κ1) is 29.5. The summed E-state index contributed by atoms with van der Waals surface area (Å²) in [6.45, 7) is 7.45. The first-order chi connectivity index (χ1) is 17.4. The van der Waals surface area contributed by atoms with Gasteiger partial charge in [-0.2, -0.15) is 0 Å². The highest BCUT2D eigenvalue weighted by Crippen LogP contribution is 2.31. The van der Waals surface area contributed by atoms with E-state index in [1.54, 1.807) is 20.8 Å². The van der Waals surface area contributed by atoms with Crippen molar-refractivity contribution in [3.05, 3.63) is 47.8 Å². The second-order valence-electron chi connectivity index (χ2n) is 8.66. The molecule has 0 radical (unpaired) electrons. The number of benzene rings is 1. The molecule has 1 aromatic carbocycles. The van der Waals surface area contributed by atoms with Gasteiger partial charge < -0.3 is 23.7 Å². The molecule has 37 heavy (non-hydrogen) atoms. The summed E-state index contributed by atoms with van der Waals surface area (Å²) in [6, 6.07) is 4.38. The van der Waals surface area contributed by atoms with Crippen LogP contribution in [0.25, 0.3) is 0 Å². The molecule has 202 valence electrons. The van der Waals surface area contributed by atoms with Crippen molar-refractivity contribution in [2.24, 2.45) is 11.8 Å². The largest absolute Gasteiger partial charge is 0.493 e. The quantitative estimate of drug-likeness (QED) is 0.213. The van der Waals surface area contributed by atoms with Gasteiger partial charge in [0.1, 0.15) is 18.0 Å². The molecule has 0 bridgehead atoms. The Hall–Kier alpha value is -3.76. The fourth-order valence-electron chi connectivity index (χ4n) is 3.42. The van der Waals surface area contributed by atoms with Crippen LogP contribution in [0.5, 0.6) is 17.2 Å². The normalized spacial score (nSPS) is 13.3. The number of aromatic nitrogens is 1. The van der Waals surface area contributed by atoms with Crippen LogP contribution in [-0.2, 0) is 19.1 Å². The Balaban J connectivity index is 2.10. The number of methoxy groups -OCH3 is 1. The van der Waals surface area contributed by atoms with Gasteiger partial charge in [-0.3, -0.25) is 14.4 Å². The van der Waals surface area contributed by atoms with Crippen LogP contribution in [-0.4, -0.2) is 48.8 Å². The van der Waals surface area contributed by atoms with Crippen LogP contribution in [0.1, 0.15) is 51.5 Å². The van der Waals surface area contributed by atoms with E-state index in [-0.39, 0.29) is 35.3 Å². The minimum Gasteiger partial charge on any atom is -0.493 e. The maximum absolute atomic E-state index is 14.0. The Bertz CT molecular complexity index is 1110. The number of rotatable bonds is 13. The highest BCUT2D eigenvalue weighted by atomic mass is 19.1. The van der Waals surface area contributed by atoms with Gasteiger partial charge in [0.15, 0.2) is 34.5 Å². The molecule has 0 aliphatic heterocycles. The van der Waals surface area contributed by atoms with Crippen molar-refractivity contribution in [1.29, 1.82) is 0 Å². The summed E-state index contributed by atoms with van der Waals surface area (Å²) < 4.78 is 53.8. The number of ether oxygens (including phenoxy) is 5. The summed E-state index contributed by atoms with van der Waals surface area (Å²) >= 11 is 0. The molecule has 0 amide bonds. The van der Waals surface area contributed by atoms with E-state index >= 15 is 0 Å². The zero-order valence-corrected chi connectivity index (χ0v) is 21.6. The minimum absolute atomic E-state index is 0.0276. The van der Waals surface area contributed by atoms with Gasteiger partial charge in [0, 0.05) is 31.7 Å². The van der Waals surface area contributed by atoms with Gasteiger partial charge in [-0.25, -0.2) is 13.8 Å². The lowest BCUT2D eigenvalue weighted by molar-refractivity contribution is -0.161. The first-order valence-corrected chi connectivity index (χ1v) is 11.6. The van der Waals surface area contributed by atoms with Crippen molar-refractivity contribution in [1.82, 2.24) is 4.98 Å². The third-order valence-electron chi connectivity index (χ3n) is 5.29. The molecule has 0 unspecified atom stereocenters. The average Bonchev–Trinajstić information content (AvgIpc) is 2.83. The SMILES string of the molecule is COc1ccnc(C(=O)C[C@@H](C)C(=O)O[C@H](C(C)C)[C@H](C)Oc2ccc(F)cc2F)c1OCOC(C)=O. The number of esters is 2. The van der Waals surface area contributed by atoms with Gasteiger partial charge in [0.05, 0.1) is 13.0 Å². The van der Waals surface area contributed by atoms with E-state index in [9.17, 15) is 23.2 Å². The van der Waals surface area contributed by atoms with Crippen molar-refractivity contribution in [3.63, 3.8) is 0 Å². The fraction of sp³-hybridized carbons (Fsp3) is 0.462. The summed E-state index contributed by atoms with van der Waals surface area (Å²) in [5.41, 5.74) is -0.102. The number of hydrogen-bond donors (Lipinski definition) is 0. The molecule has 0 saturated heterocycles. The molecule has 2 aromatic rings. The molecule has 0 aliphatic rings. The van der Waals surface area contributed by atoms with Crippen molar-refractivity contribution < 1.29 is 46.8 Å². The number of carbonyl (C=O) groups excluding carboxylic acids is 3. The highest BCUT2D eigenvalue weighted by molar-refractivity contribution is 5.99. The summed E-state index contributed by atoms with van der Waals surface area (Å²) in [4.78, 5) is 40.9. The van der Waals surface area contributed by atoms with Crippen LogP contribution in [0.2, 0.25) is 0 Å². The second kappa shape index (κ2) is 13.5. The Morgan fingerprint density at radius 1 is 1.03 bits per heavy atom. The lowest BCUT2D eigenvalue weighted by Crippen LogP contribution is -2.39. The van der Waals surface area contributed by atoms with Crippen LogP contribution in [0, 0.1) is 23.5 Å². The number of hydrogen-bond acceptors (Lipinski definition) is 9. The Labute approximate surface area is 214 Å². The number of Topliss-reactive ketones (excluding diaryl/α,β-unsaturated/α-hetero) is 1. The highest BCUT2D eigenvalue weighted by Gasteiger charge is 2.31. The van der Waals surface area contributed by atoms with E-state index in [1.807, 2.05) is 0 Å². The molecular formula is C26H31F2NO8. The summed E-state index contributed by atoms with van der Waals surface area (Å²) in [6.07, 6.45) is -0.480. The molecule has 1 heterocycles. The third-order valence-corrected chi connectivity index (χ3v) is 5.29. The van der Waals surface area contributed by atoms with Gasteiger partial charge in [0.2, 0.25) is 6.79 Å². The van der Waals surface area contributed by atoms with E-state index < -0.39 is 54.3 Å². The van der Waals surface area contributed by atoms with E-state index in [4.69, 9.17) is 23.7 Å². The second-order valence-corrected chi connectivity index (χ2v) is 8.66. The molecule has 3 atom stereocenters. The molecule has 11 heteroatoms. The zero-order chi connectivity index (χ0) is 27.7. The Morgan fingerprint density at radius 2 is 1.73 bits per heavy atom. The Kier molecular flexibility index (Phi) is 10.8. The number of pyridine rings is 1. The molecule has 9 nitrogen and oxygen atoms in total. The number of nitrogens with zero attached hydrogens (tertiary/aromatic N) is 1. The topological polar surface area (TPSA) is 110 Å². The molecule has 0 aliphatic carbocycles. The lowest BCUT2D eigenvalue weighted by Gasteiger charge is -2.29. The predicted molar refractivity (Wildman–Crippen MR) is 127 cm³/mol. The molecule has 0 fully saturated rings. The molecule has 0 N–H and O–H groups in total. The van der Waals surface area contributed by atoms with Gasteiger partial charge >= 0.3 is 11.9 Å². The number of carbonyl (C=O) groups is 3. The first-order valence-electron chi connectivity index (χ1n) is 11.6. The maximum atomic E-state index is 14.0. The lowest BCUT2D eigenvalue weighted by atomic mass is 10.00. The summed E-state index contributed by atoms with van der Waals surface area (Å²) in [5, 5.41) is 0. The minimum atomic E-state index is -0.878. The van der Waals surface area contributed by atoms with Gasteiger partial charge in [-0.15, -0.1) is 0 Å². The molecule has 2 rings (SSSR count). The van der Waals surface area contributed by atoms with Gasteiger partial charge in [-0.1, -0.05) is 20.8 Å². The van der Waals surface area contributed by atoms with Crippen LogP contribution in [0.3, 0.4) is 0 Å². The monoisotopic (exact) mass is 523 g/mol. The van der Waals surface area contributed by atoms with Crippen molar-refractivity contribution in [2.75, 3.05) is 13.9 Å².